The van der Waals surface area contributed by atoms with Crippen molar-refractivity contribution < 1.29 is 26.8 Å². The van der Waals surface area contributed by atoms with Gasteiger partial charge in [-0.05, 0) is 47.0 Å². The molecule has 1 amide bonds. The van der Waals surface area contributed by atoms with Gasteiger partial charge in [-0.1, -0.05) is 18.2 Å². The highest BCUT2D eigenvalue weighted by molar-refractivity contribution is 9.10. The molecule has 4 aromatic rings. The second kappa shape index (κ2) is 7.72. The van der Waals surface area contributed by atoms with Gasteiger partial charge in [0.15, 0.2) is 0 Å². The van der Waals surface area contributed by atoms with Crippen LogP contribution in [0.1, 0.15) is 29.7 Å². The monoisotopic (exact) mass is 521 g/mol. The number of benzene rings is 1. The summed E-state index contributed by atoms with van der Waals surface area (Å²) in [6.45, 7) is 0.324. The smallest absolute Gasteiger partial charge is 0.420 e. The fourth-order valence-corrected chi connectivity index (χ4v) is 5.31. The summed E-state index contributed by atoms with van der Waals surface area (Å²) < 4.78 is 63.7. The van der Waals surface area contributed by atoms with Gasteiger partial charge in [-0.2, -0.15) is 13.2 Å². The molecule has 33 heavy (non-hydrogen) atoms. The topological polar surface area (TPSA) is 50.8 Å². The number of carbonyl (C=O) groups is 1. The Hall–Kier alpha value is -3.14. The van der Waals surface area contributed by atoms with Crippen LogP contribution in [0.15, 0.2) is 64.1 Å². The molecule has 1 atom stereocenters. The van der Waals surface area contributed by atoms with Crippen molar-refractivity contribution in [1.82, 2.24) is 14.3 Å². The molecular formula is C23H16BrF4N3O2. The van der Waals surface area contributed by atoms with Crippen LogP contribution in [-0.4, -0.2) is 27.2 Å². The van der Waals surface area contributed by atoms with E-state index < -0.39 is 23.1 Å². The number of hydrogen-bond donors (Lipinski definition) is 0. The quantitative estimate of drug-likeness (QED) is 0.244. The number of aromatic nitrogens is 2. The minimum atomic E-state index is -4.70. The van der Waals surface area contributed by atoms with Gasteiger partial charge < -0.3 is 9.32 Å². The number of imidazole rings is 1. The molecule has 10 heteroatoms. The van der Waals surface area contributed by atoms with Crippen molar-refractivity contribution in [2.24, 2.45) is 0 Å². The highest BCUT2D eigenvalue weighted by Crippen LogP contribution is 2.48. The molecule has 0 bridgehead atoms. The molecule has 1 saturated heterocycles. The number of carbonyl (C=O) groups excluding carboxylic acids is 1. The van der Waals surface area contributed by atoms with E-state index in [1.807, 2.05) is 0 Å². The van der Waals surface area contributed by atoms with Crippen LogP contribution in [0.4, 0.5) is 17.6 Å². The fourth-order valence-electron chi connectivity index (χ4n) is 4.63. The molecule has 0 N–H and O–H groups in total. The molecule has 3 aromatic heterocycles. The SMILES string of the molecule is O=CN1CCCC1(c1ccccc1F)c1nc2c(C(F)(F)F)cc(-c3ccoc3)cn2c1Br. The summed E-state index contributed by atoms with van der Waals surface area (Å²) in [5.74, 6) is -0.565. The number of pyridine rings is 1. The first-order valence-corrected chi connectivity index (χ1v) is 10.9. The van der Waals surface area contributed by atoms with Gasteiger partial charge in [0, 0.05) is 29.4 Å². The first kappa shape index (κ1) is 21.7. The van der Waals surface area contributed by atoms with Crippen LogP contribution in [0.25, 0.3) is 16.8 Å². The van der Waals surface area contributed by atoms with Crippen molar-refractivity contribution in [3.63, 3.8) is 0 Å². The third-order valence-corrected chi connectivity index (χ3v) is 6.85. The lowest BCUT2D eigenvalue weighted by atomic mass is 9.84. The van der Waals surface area contributed by atoms with Crippen molar-refractivity contribution in [3.8, 4) is 11.1 Å². The first-order valence-electron chi connectivity index (χ1n) is 10.1. The average molecular weight is 522 g/mol. The Kier molecular flexibility index (Phi) is 5.08. The molecule has 0 radical (unpaired) electrons. The molecule has 1 aliphatic heterocycles. The summed E-state index contributed by atoms with van der Waals surface area (Å²) >= 11 is 3.42. The maximum absolute atomic E-state index is 15.0. The molecular weight excluding hydrogens is 506 g/mol. The zero-order chi connectivity index (χ0) is 23.4. The highest BCUT2D eigenvalue weighted by Gasteiger charge is 2.49. The highest BCUT2D eigenvalue weighted by atomic mass is 79.9. The normalized spacial score (nSPS) is 18.9. The van der Waals surface area contributed by atoms with Crippen molar-refractivity contribution in [2.45, 2.75) is 24.6 Å². The second-order valence-electron chi connectivity index (χ2n) is 7.84. The van der Waals surface area contributed by atoms with Gasteiger partial charge in [0.1, 0.15) is 27.3 Å². The Labute approximate surface area is 193 Å². The Bertz CT molecular complexity index is 1350. The number of amides is 1. The standard InChI is InChI=1S/C23H16BrF4N3O2/c24-20-19(22(7-3-8-30(22)13-32)16-4-1-2-5-18(16)25)29-21-17(23(26,27)28)10-15(11-31(20)21)14-6-9-33-12-14/h1-2,4-6,9-13H,3,7-8H2. The van der Waals surface area contributed by atoms with E-state index in [2.05, 4.69) is 20.9 Å². The molecule has 0 spiro atoms. The minimum Gasteiger partial charge on any atom is -0.472 e. The molecule has 1 aliphatic rings. The zero-order valence-corrected chi connectivity index (χ0v) is 18.5. The molecule has 170 valence electrons. The van der Waals surface area contributed by atoms with Gasteiger partial charge >= 0.3 is 6.18 Å². The summed E-state index contributed by atoms with van der Waals surface area (Å²) in [7, 11) is 0. The van der Waals surface area contributed by atoms with Crippen molar-refractivity contribution in [3.05, 3.63) is 82.4 Å². The second-order valence-corrected chi connectivity index (χ2v) is 8.59. The molecule has 4 heterocycles. The summed E-state index contributed by atoms with van der Waals surface area (Å²) in [6, 6.07) is 8.51. The minimum absolute atomic E-state index is 0.145. The summed E-state index contributed by atoms with van der Waals surface area (Å²) in [5.41, 5.74) is -1.58. The van der Waals surface area contributed by atoms with Crippen LogP contribution in [-0.2, 0) is 16.5 Å². The molecule has 1 aromatic carbocycles. The van der Waals surface area contributed by atoms with Crippen LogP contribution in [0.2, 0.25) is 0 Å². The zero-order valence-electron chi connectivity index (χ0n) is 16.9. The number of hydrogen-bond acceptors (Lipinski definition) is 3. The van der Waals surface area contributed by atoms with E-state index in [1.54, 1.807) is 12.1 Å². The Morgan fingerprint density at radius 1 is 1.18 bits per heavy atom. The third-order valence-electron chi connectivity index (χ3n) is 6.09. The maximum Gasteiger partial charge on any atom is 0.420 e. The van der Waals surface area contributed by atoms with Crippen LogP contribution in [0, 0.1) is 5.82 Å². The number of nitrogens with zero attached hydrogens (tertiary/aromatic N) is 3. The predicted molar refractivity (Wildman–Crippen MR) is 115 cm³/mol. The molecule has 1 fully saturated rings. The van der Waals surface area contributed by atoms with Gasteiger partial charge in [-0.25, -0.2) is 9.37 Å². The summed E-state index contributed by atoms with van der Waals surface area (Å²) in [6.07, 6.45) is 0.968. The van der Waals surface area contributed by atoms with Crippen LogP contribution in [0.5, 0.6) is 0 Å². The molecule has 5 rings (SSSR count). The van der Waals surface area contributed by atoms with Gasteiger partial charge in [0.2, 0.25) is 6.41 Å². The fraction of sp³-hybridized carbons (Fsp3) is 0.217. The van der Waals surface area contributed by atoms with Crippen LogP contribution >= 0.6 is 15.9 Å². The van der Waals surface area contributed by atoms with Gasteiger partial charge in [0.05, 0.1) is 18.1 Å². The van der Waals surface area contributed by atoms with Gasteiger partial charge in [-0.15, -0.1) is 0 Å². The van der Waals surface area contributed by atoms with E-state index in [9.17, 15) is 18.0 Å². The number of rotatable bonds is 4. The average Bonchev–Trinajstić information content (AvgIpc) is 3.52. The number of furan rings is 1. The number of fused-ring (bicyclic) bond motifs is 1. The van der Waals surface area contributed by atoms with Crippen LogP contribution < -0.4 is 0 Å². The van der Waals surface area contributed by atoms with E-state index >= 15 is 4.39 Å². The third kappa shape index (κ3) is 3.26. The maximum atomic E-state index is 15.0. The lowest BCUT2D eigenvalue weighted by Crippen LogP contribution is -2.42. The lowest BCUT2D eigenvalue weighted by Gasteiger charge is -2.36. The molecule has 0 saturated carbocycles. The predicted octanol–water partition coefficient (Wildman–Crippen LogP) is 6.01. The van der Waals surface area contributed by atoms with Crippen molar-refractivity contribution >= 4 is 28.0 Å². The summed E-state index contributed by atoms with van der Waals surface area (Å²) in [5, 5.41) is 0. The number of halogens is 5. The Morgan fingerprint density at radius 3 is 2.64 bits per heavy atom. The van der Waals surface area contributed by atoms with E-state index in [-0.39, 0.29) is 27.1 Å². The van der Waals surface area contributed by atoms with Crippen LogP contribution in [0.3, 0.4) is 0 Å². The van der Waals surface area contributed by atoms with E-state index in [4.69, 9.17) is 4.42 Å². The lowest BCUT2D eigenvalue weighted by molar-refractivity contribution is -0.136. The molecule has 1 unspecified atom stereocenters. The largest absolute Gasteiger partial charge is 0.472 e. The van der Waals surface area contributed by atoms with E-state index in [1.165, 1.54) is 46.2 Å². The molecule has 0 aliphatic carbocycles. The number of likely N-dealkylation sites (tertiary alicyclic amines) is 1. The Balaban J connectivity index is 1.85. The Morgan fingerprint density at radius 2 is 1.97 bits per heavy atom. The van der Waals surface area contributed by atoms with Crippen molar-refractivity contribution in [1.29, 1.82) is 0 Å². The van der Waals surface area contributed by atoms with Crippen molar-refractivity contribution in [2.75, 3.05) is 6.54 Å². The first-order chi connectivity index (χ1) is 15.8. The molecule has 5 nitrogen and oxygen atoms in total. The summed E-state index contributed by atoms with van der Waals surface area (Å²) in [4.78, 5) is 17.8. The van der Waals surface area contributed by atoms with E-state index in [0.29, 0.717) is 31.4 Å². The number of alkyl halides is 3. The van der Waals surface area contributed by atoms with Gasteiger partial charge in [0.25, 0.3) is 0 Å². The van der Waals surface area contributed by atoms with Gasteiger partial charge in [-0.3, -0.25) is 9.20 Å². The van der Waals surface area contributed by atoms with E-state index in [0.717, 1.165) is 6.07 Å².